The van der Waals surface area contributed by atoms with E-state index in [0.717, 1.165) is 10.0 Å². The van der Waals surface area contributed by atoms with Crippen molar-refractivity contribution in [2.45, 2.75) is 27.2 Å². The summed E-state index contributed by atoms with van der Waals surface area (Å²) < 4.78 is 2.38. The minimum atomic E-state index is 0.172. The molecule has 0 aromatic carbocycles. The zero-order valence-electron chi connectivity index (χ0n) is 10.6. The van der Waals surface area contributed by atoms with Crippen molar-refractivity contribution in [1.82, 2.24) is 0 Å². The van der Waals surface area contributed by atoms with Crippen LogP contribution in [0, 0.1) is 5.41 Å². The summed E-state index contributed by atoms with van der Waals surface area (Å²) in [5.74, 6) is 0. The molecule has 2 heteroatoms. The molecule has 0 nitrogen and oxygen atoms in total. The van der Waals surface area contributed by atoms with E-state index in [1.165, 1.54) is 14.7 Å². The second-order valence-corrected chi connectivity index (χ2v) is 7.37. The standard InChI is InChI=1S/C15H18I2/c1-5-14(17)9-13-8-12(7-6-11(2)16)10-15(13,3)4/h5-7,9-10H,2,8H2,1,3-4H3/b7-6-,13-9+,14-5+. The zero-order valence-corrected chi connectivity index (χ0v) is 14.9. The molecular weight excluding hydrogens is 434 g/mol. The van der Waals surface area contributed by atoms with Crippen molar-refractivity contribution in [2.75, 3.05) is 0 Å². The highest BCUT2D eigenvalue weighted by molar-refractivity contribution is 14.1. The molecule has 0 radical (unpaired) electrons. The lowest BCUT2D eigenvalue weighted by molar-refractivity contribution is 0.592. The Hall–Kier alpha value is 0.160. The second kappa shape index (κ2) is 6.36. The lowest BCUT2D eigenvalue weighted by atomic mass is 9.87. The Morgan fingerprint density at radius 3 is 2.59 bits per heavy atom. The quantitative estimate of drug-likeness (QED) is 0.358. The Morgan fingerprint density at radius 1 is 1.41 bits per heavy atom. The van der Waals surface area contributed by atoms with Gasteiger partial charge in [0.05, 0.1) is 0 Å². The molecule has 0 saturated carbocycles. The Morgan fingerprint density at radius 2 is 2.06 bits per heavy atom. The van der Waals surface area contributed by atoms with Gasteiger partial charge < -0.3 is 0 Å². The van der Waals surface area contributed by atoms with Crippen molar-refractivity contribution in [2.24, 2.45) is 5.41 Å². The maximum absolute atomic E-state index is 3.88. The minimum Gasteiger partial charge on any atom is -0.0856 e. The minimum absolute atomic E-state index is 0.172. The number of rotatable bonds is 3. The van der Waals surface area contributed by atoms with Gasteiger partial charge in [0.1, 0.15) is 0 Å². The smallest absolute Gasteiger partial charge is 0.00871 e. The first kappa shape index (κ1) is 15.2. The third kappa shape index (κ3) is 4.73. The van der Waals surface area contributed by atoms with Crippen molar-refractivity contribution < 1.29 is 0 Å². The van der Waals surface area contributed by atoms with Crippen LogP contribution in [-0.4, -0.2) is 0 Å². The van der Waals surface area contributed by atoms with Gasteiger partial charge in [-0.2, -0.15) is 0 Å². The number of hydrogen-bond donors (Lipinski definition) is 0. The van der Waals surface area contributed by atoms with Gasteiger partial charge >= 0.3 is 0 Å². The maximum atomic E-state index is 3.88. The van der Waals surface area contributed by atoms with Crippen molar-refractivity contribution >= 4 is 45.2 Å². The third-order valence-corrected chi connectivity index (χ3v) is 4.13. The van der Waals surface area contributed by atoms with Crippen molar-refractivity contribution in [3.05, 3.63) is 55.3 Å². The van der Waals surface area contributed by atoms with E-state index in [1.807, 2.05) is 0 Å². The van der Waals surface area contributed by atoms with E-state index in [2.05, 4.69) is 103 Å². The average molecular weight is 452 g/mol. The van der Waals surface area contributed by atoms with Gasteiger partial charge in [0.2, 0.25) is 0 Å². The molecule has 0 unspecified atom stereocenters. The predicted molar refractivity (Wildman–Crippen MR) is 94.6 cm³/mol. The van der Waals surface area contributed by atoms with E-state index in [9.17, 15) is 0 Å². The molecule has 0 spiro atoms. The summed E-state index contributed by atoms with van der Waals surface area (Å²) in [6.45, 7) is 10.5. The molecule has 0 heterocycles. The molecule has 0 amide bonds. The summed E-state index contributed by atoms with van der Waals surface area (Å²) in [7, 11) is 0. The Bertz CT molecular complexity index is 432. The number of hydrogen-bond acceptors (Lipinski definition) is 0. The molecule has 0 atom stereocenters. The SMILES string of the molecule is C=C(I)/C=C\C1=CC(C)(C)/C(=C/C(I)=C\C)C1. The highest BCUT2D eigenvalue weighted by Gasteiger charge is 2.27. The molecule has 0 aromatic rings. The molecule has 1 aliphatic carbocycles. The molecule has 0 N–H and O–H groups in total. The van der Waals surface area contributed by atoms with E-state index in [-0.39, 0.29) is 5.41 Å². The van der Waals surface area contributed by atoms with E-state index in [1.54, 1.807) is 0 Å². The zero-order chi connectivity index (χ0) is 13.1. The lowest BCUT2D eigenvalue weighted by Gasteiger charge is -2.18. The highest BCUT2D eigenvalue weighted by Crippen LogP contribution is 2.41. The summed E-state index contributed by atoms with van der Waals surface area (Å²) in [5.41, 5.74) is 3.05. The van der Waals surface area contributed by atoms with E-state index in [4.69, 9.17) is 0 Å². The molecular formula is C15H18I2. The fourth-order valence-corrected chi connectivity index (χ4v) is 2.40. The molecule has 1 aliphatic rings. The summed E-state index contributed by atoms with van der Waals surface area (Å²) in [6, 6.07) is 0. The molecule has 0 saturated heterocycles. The van der Waals surface area contributed by atoms with Crippen molar-refractivity contribution in [1.29, 1.82) is 0 Å². The van der Waals surface area contributed by atoms with Crippen molar-refractivity contribution in [3.8, 4) is 0 Å². The summed E-state index contributed by atoms with van der Waals surface area (Å²) in [4.78, 5) is 0. The molecule has 92 valence electrons. The fourth-order valence-electron chi connectivity index (χ4n) is 1.85. The molecule has 0 aromatic heterocycles. The molecule has 1 rings (SSSR count). The number of halogens is 2. The summed E-state index contributed by atoms with van der Waals surface area (Å²) >= 11 is 4.61. The monoisotopic (exact) mass is 452 g/mol. The van der Waals surface area contributed by atoms with Gasteiger partial charge in [0.15, 0.2) is 0 Å². The first-order valence-corrected chi connectivity index (χ1v) is 7.78. The van der Waals surface area contributed by atoms with Gasteiger partial charge in [-0.3, -0.25) is 0 Å². The van der Waals surface area contributed by atoms with E-state index in [0.29, 0.717) is 0 Å². The molecule has 17 heavy (non-hydrogen) atoms. The van der Waals surface area contributed by atoms with Crippen LogP contribution >= 0.6 is 45.2 Å². The van der Waals surface area contributed by atoms with E-state index < -0.39 is 0 Å². The predicted octanol–water partition coefficient (Wildman–Crippen LogP) is 6.11. The normalized spacial score (nSPS) is 22.3. The average Bonchev–Trinajstić information content (AvgIpc) is 2.51. The Kier molecular flexibility index (Phi) is 5.70. The van der Waals surface area contributed by atoms with Gasteiger partial charge in [-0.25, -0.2) is 0 Å². The maximum Gasteiger partial charge on any atom is 0.00871 e. The van der Waals surface area contributed by atoms with E-state index >= 15 is 0 Å². The summed E-state index contributed by atoms with van der Waals surface area (Å²) in [5, 5.41) is 0. The lowest BCUT2D eigenvalue weighted by Crippen LogP contribution is -2.05. The second-order valence-electron chi connectivity index (χ2n) is 4.74. The van der Waals surface area contributed by atoms with Crippen molar-refractivity contribution in [3.63, 3.8) is 0 Å². The molecule has 0 bridgehead atoms. The highest BCUT2D eigenvalue weighted by atomic mass is 127. The largest absolute Gasteiger partial charge is 0.0856 e. The van der Waals surface area contributed by atoms with Gasteiger partial charge in [-0.15, -0.1) is 0 Å². The van der Waals surface area contributed by atoms with Crippen LogP contribution in [0.4, 0.5) is 0 Å². The van der Waals surface area contributed by atoms with Gasteiger partial charge in [-0.05, 0) is 76.3 Å². The number of allylic oxidation sites excluding steroid dienone is 9. The van der Waals surface area contributed by atoms with Crippen LogP contribution in [0.25, 0.3) is 0 Å². The topological polar surface area (TPSA) is 0 Å². The Labute approximate surface area is 132 Å². The molecule has 0 aliphatic heterocycles. The summed E-state index contributed by atoms with van der Waals surface area (Å²) in [6.07, 6.45) is 12.1. The Balaban J connectivity index is 2.92. The fraction of sp³-hybridized carbons (Fsp3) is 0.333. The van der Waals surface area contributed by atoms with Crippen LogP contribution in [0.15, 0.2) is 55.3 Å². The third-order valence-electron chi connectivity index (χ3n) is 2.83. The molecule has 0 fully saturated rings. The van der Waals surface area contributed by atoms with Gasteiger partial charge in [0, 0.05) is 12.6 Å². The van der Waals surface area contributed by atoms with Crippen LogP contribution < -0.4 is 0 Å². The first-order valence-electron chi connectivity index (χ1n) is 5.62. The van der Waals surface area contributed by atoms with Crippen LogP contribution in [0.3, 0.4) is 0 Å². The van der Waals surface area contributed by atoms with Gasteiger partial charge in [0.25, 0.3) is 0 Å². The van der Waals surface area contributed by atoms with Gasteiger partial charge in [-0.1, -0.05) is 44.2 Å². The van der Waals surface area contributed by atoms with Crippen LogP contribution in [0.5, 0.6) is 0 Å². The van der Waals surface area contributed by atoms with Crippen LogP contribution in [-0.2, 0) is 0 Å². The van der Waals surface area contributed by atoms with Crippen LogP contribution in [0.2, 0.25) is 0 Å². The van der Waals surface area contributed by atoms with Crippen LogP contribution in [0.1, 0.15) is 27.2 Å². The first-order chi connectivity index (χ1) is 7.85.